The van der Waals surface area contributed by atoms with Crippen LogP contribution in [0, 0.1) is 25.2 Å². The first-order valence-electron chi connectivity index (χ1n) is 6.55. The summed E-state index contributed by atoms with van der Waals surface area (Å²) in [6.07, 6.45) is 4.91. The summed E-state index contributed by atoms with van der Waals surface area (Å²) in [5.41, 5.74) is 9.60. The van der Waals surface area contributed by atoms with Gasteiger partial charge in [-0.1, -0.05) is 12.1 Å². The Morgan fingerprint density at radius 2 is 1.55 bits per heavy atom. The van der Waals surface area contributed by atoms with E-state index in [1.165, 1.54) is 5.56 Å². The molecule has 0 aliphatic carbocycles. The third-order valence-corrected chi connectivity index (χ3v) is 2.61. The molecule has 0 aliphatic rings. The maximum absolute atomic E-state index is 8.30. The molecule has 0 aromatic carbocycles. The third kappa shape index (κ3) is 6.07. The highest BCUT2D eigenvalue weighted by molar-refractivity contribution is 5.14. The molecule has 2 heterocycles. The summed E-state index contributed by atoms with van der Waals surface area (Å²) in [6.45, 7) is 4.68. The van der Waals surface area contributed by atoms with E-state index in [1.807, 2.05) is 44.3 Å². The van der Waals surface area contributed by atoms with Crippen molar-refractivity contribution in [3.8, 4) is 6.07 Å². The fourth-order valence-electron chi connectivity index (χ4n) is 1.48. The van der Waals surface area contributed by atoms with E-state index in [0.717, 1.165) is 23.4 Å². The Labute approximate surface area is 120 Å². The molecular formula is C16H20N4. The normalized spacial score (nSPS) is 9.30. The van der Waals surface area contributed by atoms with E-state index in [1.54, 1.807) is 6.20 Å². The summed E-state index contributed by atoms with van der Waals surface area (Å²) < 4.78 is 0. The minimum atomic E-state index is 0.403. The Bertz CT molecular complexity index is 538. The number of nitrogens with zero attached hydrogens (tertiary/aromatic N) is 3. The number of hydrogen-bond donors (Lipinski definition) is 1. The van der Waals surface area contributed by atoms with E-state index < -0.39 is 0 Å². The average Bonchev–Trinajstić information content (AvgIpc) is 2.45. The highest BCUT2D eigenvalue weighted by atomic mass is 14.7. The van der Waals surface area contributed by atoms with E-state index in [0.29, 0.717) is 13.0 Å². The van der Waals surface area contributed by atoms with E-state index >= 15 is 0 Å². The largest absolute Gasteiger partial charge is 0.330 e. The van der Waals surface area contributed by atoms with Crippen LogP contribution in [-0.2, 0) is 12.8 Å². The van der Waals surface area contributed by atoms with Gasteiger partial charge >= 0.3 is 0 Å². The van der Waals surface area contributed by atoms with Crippen LogP contribution in [0.5, 0.6) is 0 Å². The van der Waals surface area contributed by atoms with Gasteiger partial charge in [-0.25, -0.2) is 0 Å². The molecule has 2 N–H and O–H groups in total. The number of nitrogens with two attached hydrogens (primary N) is 1. The molecule has 0 atom stereocenters. The highest BCUT2D eigenvalue weighted by Gasteiger charge is 1.90. The minimum absolute atomic E-state index is 0.403. The van der Waals surface area contributed by atoms with Crippen molar-refractivity contribution in [3.05, 3.63) is 59.2 Å². The van der Waals surface area contributed by atoms with Crippen molar-refractivity contribution in [1.82, 2.24) is 9.97 Å². The topological polar surface area (TPSA) is 75.6 Å². The van der Waals surface area contributed by atoms with E-state index in [4.69, 9.17) is 11.0 Å². The zero-order valence-electron chi connectivity index (χ0n) is 12.0. The molecule has 0 spiro atoms. The molecule has 4 heteroatoms. The number of aryl methyl sites for hydroxylation is 2. The van der Waals surface area contributed by atoms with Crippen molar-refractivity contribution >= 4 is 0 Å². The summed E-state index contributed by atoms with van der Waals surface area (Å²) in [5, 5.41) is 8.30. The summed E-state index contributed by atoms with van der Waals surface area (Å²) in [4.78, 5) is 8.23. The second-order valence-corrected chi connectivity index (χ2v) is 4.53. The molecule has 20 heavy (non-hydrogen) atoms. The molecule has 2 rings (SSSR count). The number of rotatable bonds is 3. The van der Waals surface area contributed by atoms with Gasteiger partial charge < -0.3 is 5.73 Å². The molecule has 0 amide bonds. The lowest BCUT2D eigenvalue weighted by Gasteiger charge is -1.96. The molecule has 0 saturated carbocycles. The lowest BCUT2D eigenvalue weighted by atomic mass is 10.2. The van der Waals surface area contributed by atoms with E-state index in [9.17, 15) is 0 Å². The van der Waals surface area contributed by atoms with Gasteiger partial charge in [0.1, 0.15) is 0 Å². The minimum Gasteiger partial charge on any atom is -0.330 e. The van der Waals surface area contributed by atoms with Gasteiger partial charge in [0.2, 0.25) is 0 Å². The van der Waals surface area contributed by atoms with Crippen LogP contribution in [0.2, 0.25) is 0 Å². The monoisotopic (exact) mass is 268 g/mol. The van der Waals surface area contributed by atoms with Crippen LogP contribution in [0.15, 0.2) is 36.7 Å². The summed E-state index contributed by atoms with van der Waals surface area (Å²) in [6, 6.07) is 9.94. The zero-order valence-corrected chi connectivity index (χ0v) is 12.0. The molecule has 0 fully saturated rings. The van der Waals surface area contributed by atoms with Gasteiger partial charge in [-0.15, -0.1) is 0 Å². The molecule has 0 aliphatic heterocycles. The molecular weight excluding hydrogens is 248 g/mol. The predicted octanol–water partition coefficient (Wildman–Crippen LogP) is 2.35. The summed E-state index contributed by atoms with van der Waals surface area (Å²) in [7, 11) is 0. The molecule has 0 bridgehead atoms. The lowest BCUT2D eigenvalue weighted by molar-refractivity contribution is 0.920. The van der Waals surface area contributed by atoms with Crippen molar-refractivity contribution in [3.63, 3.8) is 0 Å². The molecule has 2 aromatic heterocycles. The van der Waals surface area contributed by atoms with Gasteiger partial charge in [0.15, 0.2) is 0 Å². The van der Waals surface area contributed by atoms with Gasteiger partial charge in [-0.2, -0.15) is 5.26 Å². The van der Waals surface area contributed by atoms with Crippen LogP contribution in [0.1, 0.15) is 22.5 Å². The van der Waals surface area contributed by atoms with Gasteiger partial charge in [-0.3, -0.25) is 9.97 Å². The first-order valence-corrected chi connectivity index (χ1v) is 6.55. The summed E-state index contributed by atoms with van der Waals surface area (Å²) in [5.74, 6) is 0. The second-order valence-electron chi connectivity index (χ2n) is 4.53. The maximum atomic E-state index is 8.30. The van der Waals surface area contributed by atoms with Crippen LogP contribution >= 0.6 is 0 Å². The van der Waals surface area contributed by atoms with Crippen LogP contribution in [-0.4, -0.2) is 16.5 Å². The van der Waals surface area contributed by atoms with Crippen LogP contribution in [0.25, 0.3) is 0 Å². The average molecular weight is 268 g/mol. The van der Waals surface area contributed by atoms with Gasteiger partial charge in [0, 0.05) is 24.5 Å². The maximum Gasteiger partial charge on any atom is 0.0774 e. The molecule has 104 valence electrons. The van der Waals surface area contributed by atoms with Gasteiger partial charge in [0.25, 0.3) is 0 Å². The quantitative estimate of drug-likeness (QED) is 0.927. The third-order valence-electron chi connectivity index (χ3n) is 2.61. The number of nitriles is 1. The zero-order chi connectivity index (χ0) is 14.8. The summed E-state index contributed by atoms with van der Waals surface area (Å²) >= 11 is 0. The highest BCUT2D eigenvalue weighted by Crippen LogP contribution is 1.98. The molecule has 2 aromatic rings. The lowest BCUT2D eigenvalue weighted by Crippen LogP contribution is -2.03. The first kappa shape index (κ1) is 15.8. The second kappa shape index (κ2) is 8.78. The fourth-order valence-corrected chi connectivity index (χ4v) is 1.48. The van der Waals surface area contributed by atoms with Crippen molar-refractivity contribution in [1.29, 1.82) is 5.26 Å². The Morgan fingerprint density at radius 3 is 1.95 bits per heavy atom. The van der Waals surface area contributed by atoms with Crippen LogP contribution in [0.4, 0.5) is 0 Å². The molecule has 0 saturated heterocycles. The Hall–Kier alpha value is -2.25. The fraction of sp³-hybridized carbons (Fsp3) is 0.312. The van der Waals surface area contributed by atoms with Crippen LogP contribution < -0.4 is 5.73 Å². The molecule has 4 nitrogen and oxygen atoms in total. The number of hydrogen-bond acceptors (Lipinski definition) is 4. The van der Waals surface area contributed by atoms with Gasteiger partial charge in [0.05, 0.1) is 18.2 Å². The molecule has 0 unspecified atom stereocenters. The Kier molecular flexibility index (Phi) is 6.94. The molecule has 0 radical (unpaired) electrons. The SMILES string of the molecule is Cc1ccc(CC#N)nc1.Cc1ccc(CCN)nc1. The first-order chi connectivity index (χ1) is 9.65. The van der Waals surface area contributed by atoms with Crippen molar-refractivity contribution < 1.29 is 0 Å². The van der Waals surface area contributed by atoms with Crippen molar-refractivity contribution in [2.24, 2.45) is 5.73 Å². The smallest absolute Gasteiger partial charge is 0.0774 e. The Balaban J connectivity index is 0.000000200. The predicted molar refractivity (Wildman–Crippen MR) is 80.0 cm³/mol. The standard InChI is InChI=1S/C8H12N2.C8H8N2/c2*1-7-2-3-8(4-5-9)10-6-7/h2-3,6H,4-5,9H2,1H3;2-3,6H,4H2,1H3. The van der Waals surface area contributed by atoms with Crippen LogP contribution in [0.3, 0.4) is 0 Å². The van der Waals surface area contributed by atoms with Gasteiger partial charge in [-0.05, 0) is 43.7 Å². The number of pyridine rings is 2. The Morgan fingerprint density at radius 1 is 1.00 bits per heavy atom. The van der Waals surface area contributed by atoms with E-state index in [2.05, 4.69) is 16.0 Å². The van der Waals surface area contributed by atoms with Crippen molar-refractivity contribution in [2.45, 2.75) is 26.7 Å². The van der Waals surface area contributed by atoms with E-state index in [-0.39, 0.29) is 0 Å². The van der Waals surface area contributed by atoms with Crippen molar-refractivity contribution in [2.75, 3.05) is 6.54 Å². The number of aromatic nitrogens is 2.